The molecule has 4 nitrogen and oxygen atoms in total. The second-order valence-electron chi connectivity index (χ2n) is 3.37. The van der Waals surface area contributed by atoms with Crippen molar-refractivity contribution in [2.45, 2.75) is 0 Å². The van der Waals surface area contributed by atoms with Gasteiger partial charge < -0.3 is 0 Å². The van der Waals surface area contributed by atoms with Crippen LogP contribution in [0.4, 0.5) is 0 Å². The summed E-state index contributed by atoms with van der Waals surface area (Å²) >= 11 is 0. The van der Waals surface area contributed by atoms with Crippen molar-refractivity contribution in [3.63, 3.8) is 0 Å². The number of H-pyrrole nitrogens is 1. The van der Waals surface area contributed by atoms with Crippen LogP contribution in [0.25, 0.3) is 11.3 Å². The smallest absolute Gasteiger partial charge is 0.264 e. The van der Waals surface area contributed by atoms with Crippen LogP contribution in [-0.2, 0) is 0 Å². The van der Waals surface area contributed by atoms with Gasteiger partial charge in [0.2, 0.25) is 0 Å². The van der Waals surface area contributed by atoms with Crippen molar-refractivity contribution < 1.29 is 4.79 Å². The number of aromatic nitrogens is 2. The Labute approximate surface area is 84.6 Å². The number of nitrogens with one attached hydrogen (secondary N) is 1. The van der Waals surface area contributed by atoms with Crippen LogP contribution >= 0.6 is 0 Å². The van der Waals surface area contributed by atoms with E-state index >= 15 is 0 Å². The molecule has 1 aromatic heterocycles. The van der Waals surface area contributed by atoms with Gasteiger partial charge in [0.05, 0.1) is 5.56 Å². The van der Waals surface area contributed by atoms with Crippen LogP contribution in [0.1, 0.15) is 15.9 Å². The Morgan fingerprint density at radius 2 is 1.73 bits per heavy atom. The van der Waals surface area contributed by atoms with E-state index in [4.69, 9.17) is 0 Å². The minimum Gasteiger partial charge on any atom is -0.288 e. The van der Waals surface area contributed by atoms with E-state index in [1.165, 1.54) is 6.07 Å². The Kier molecular flexibility index (Phi) is 1.42. The lowest BCUT2D eigenvalue weighted by Gasteiger charge is -1.95. The molecule has 0 aliphatic heterocycles. The molecule has 0 atom stereocenters. The van der Waals surface area contributed by atoms with E-state index in [1.54, 1.807) is 12.1 Å². The first-order valence-electron chi connectivity index (χ1n) is 4.51. The maximum atomic E-state index is 11.8. The van der Waals surface area contributed by atoms with Crippen LogP contribution in [0.3, 0.4) is 0 Å². The molecule has 1 aliphatic rings. The second kappa shape index (κ2) is 2.63. The summed E-state index contributed by atoms with van der Waals surface area (Å²) in [4.78, 5) is 22.9. The standard InChI is InChI=1S/C11H6N2O2/c14-9-5-8-10(13-12-9)6-3-1-2-4-7(6)11(8)15/h1-5H,(H,12,14). The van der Waals surface area contributed by atoms with Gasteiger partial charge in [0.25, 0.3) is 5.56 Å². The van der Waals surface area contributed by atoms with Crippen molar-refractivity contribution >= 4 is 5.78 Å². The molecule has 1 aliphatic carbocycles. The third kappa shape index (κ3) is 0.985. The van der Waals surface area contributed by atoms with Gasteiger partial charge in [-0.3, -0.25) is 9.59 Å². The van der Waals surface area contributed by atoms with Crippen molar-refractivity contribution in [3.05, 3.63) is 51.8 Å². The first-order valence-corrected chi connectivity index (χ1v) is 4.51. The fraction of sp³-hybridized carbons (Fsp3) is 0. The lowest BCUT2D eigenvalue weighted by molar-refractivity contribution is 0.104. The Morgan fingerprint density at radius 3 is 2.53 bits per heavy atom. The largest absolute Gasteiger partial charge is 0.288 e. The Bertz CT molecular complexity index is 628. The monoisotopic (exact) mass is 198 g/mol. The molecule has 0 fully saturated rings. The zero-order valence-electron chi connectivity index (χ0n) is 7.65. The van der Waals surface area contributed by atoms with E-state index in [1.807, 2.05) is 12.1 Å². The second-order valence-corrected chi connectivity index (χ2v) is 3.37. The van der Waals surface area contributed by atoms with E-state index < -0.39 is 0 Å². The third-order valence-corrected chi connectivity index (χ3v) is 2.48. The highest BCUT2D eigenvalue weighted by Gasteiger charge is 2.27. The van der Waals surface area contributed by atoms with E-state index in [-0.39, 0.29) is 11.3 Å². The van der Waals surface area contributed by atoms with Crippen molar-refractivity contribution in [2.75, 3.05) is 0 Å². The average molecular weight is 198 g/mol. The Morgan fingerprint density at radius 1 is 1.00 bits per heavy atom. The van der Waals surface area contributed by atoms with Crippen molar-refractivity contribution in [2.24, 2.45) is 0 Å². The summed E-state index contributed by atoms with van der Waals surface area (Å²) in [5, 5.41) is 6.23. The summed E-state index contributed by atoms with van der Waals surface area (Å²) in [6, 6.07) is 8.50. The molecular weight excluding hydrogens is 192 g/mol. The molecule has 2 aromatic rings. The maximum absolute atomic E-state index is 11.8. The van der Waals surface area contributed by atoms with Gasteiger partial charge in [-0.1, -0.05) is 24.3 Å². The van der Waals surface area contributed by atoms with Crippen LogP contribution in [0.15, 0.2) is 35.1 Å². The number of carbonyl (C=O) groups excluding carboxylic acids is 1. The van der Waals surface area contributed by atoms with Gasteiger partial charge in [-0.15, -0.1) is 0 Å². The number of fused-ring (bicyclic) bond motifs is 3. The molecule has 1 heterocycles. The van der Waals surface area contributed by atoms with Crippen LogP contribution in [0, 0.1) is 0 Å². The van der Waals surface area contributed by atoms with Gasteiger partial charge in [0.15, 0.2) is 5.78 Å². The molecule has 0 spiro atoms. The molecule has 4 heteroatoms. The molecule has 0 bridgehead atoms. The normalized spacial score (nSPS) is 12.4. The number of carbonyl (C=O) groups is 1. The zero-order valence-corrected chi connectivity index (χ0v) is 7.65. The van der Waals surface area contributed by atoms with Crippen molar-refractivity contribution in [3.8, 4) is 11.3 Å². The fourth-order valence-electron chi connectivity index (χ4n) is 1.81. The quantitative estimate of drug-likeness (QED) is 0.585. The molecule has 1 N–H and O–H groups in total. The van der Waals surface area contributed by atoms with Gasteiger partial charge in [0, 0.05) is 17.2 Å². The predicted octanol–water partition coefficient (Wildman–Crippen LogP) is 0.981. The number of rotatable bonds is 0. The van der Waals surface area contributed by atoms with Crippen LogP contribution in [0.2, 0.25) is 0 Å². The minimum atomic E-state index is -0.352. The highest BCUT2D eigenvalue weighted by atomic mass is 16.1. The number of ketones is 1. The maximum Gasteiger partial charge on any atom is 0.264 e. The lowest BCUT2D eigenvalue weighted by Crippen LogP contribution is -2.09. The molecule has 0 unspecified atom stereocenters. The van der Waals surface area contributed by atoms with E-state index in [9.17, 15) is 9.59 Å². The Balaban J connectivity index is 2.42. The van der Waals surface area contributed by atoms with Crippen LogP contribution < -0.4 is 5.56 Å². The highest BCUT2D eigenvalue weighted by molar-refractivity contribution is 6.20. The molecule has 1 aromatic carbocycles. The molecule has 0 saturated heterocycles. The molecule has 3 rings (SSSR count). The minimum absolute atomic E-state index is 0.126. The summed E-state index contributed by atoms with van der Waals surface area (Å²) in [6.45, 7) is 0. The number of hydrogen-bond donors (Lipinski definition) is 1. The van der Waals surface area contributed by atoms with Gasteiger partial charge >= 0.3 is 0 Å². The molecule has 0 amide bonds. The molecule has 72 valence electrons. The number of hydrogen-bond acceptors (Lipinski definition) is 3. The van der Waals surface area contributed by atoms with Gasteiger partial charge in [-0.25, -0.2) is 5.10 Å². The summed E-state index contributed by atoms with van der Waals surface area (Å²) in [6.07, 6.45) is 0. The summed E-state index contributed by atoms with van der Waals surface area (Å²) in [7, 11) is 0. The molecule has 15 heavy (non-hydrogen) atoms. The van der Waals surface area contributed by atoms with E-state index in [2.05, 4.69) is 10.2 Å². The summed E-state index contributed by atoms with van der Waals surface area (Å²) in [5.41, 5.74) is 2.00. The highest BCUT2D eigenvalue weighted by Crippen LogP contribution is 2.32. The lowest BCUT2D eigenvalue weighted by atomic mass is 10.1. The van der Waals surface area contributed by atoms with Crippen molar-refractivity contribution in [1.29, 1.82) is 0 Å². The first kappa shape index (κ1) is 8.11. The van der Waals surface area contributed by atoms with Gasteiger partial charge in [-0.05, 0) is 0 Å². The summed E-state index contributed by atoms with van der Waals surface area (Å²) < 4.78 is 0. The number of benzene rings is 1. The van der Waals surface area contributed by atoms with Crippen LogP contribution in [0.5, 0.6) is 0 Å². The topological polar surface area (TPSA) is 62.8 Å². The number of aromatic amines is 1. The van der Waals surface area contributed by atoms with Gasteiger partial charge in [-0.2, -0.15) is 5.10 Å². The number of nitrogens with zero attached hydrogens (tertiary/aromatic N) is 1. The fourth-order valence-corrected chi connectivity index (χ4v) is 1.81. The molecular formula is C11H6N2O2. The summed E-state index contributed by atoms with van der Waals surface area (Å²) in [5.74, 6) is -0.126. The zero-order chi connectivity index (χ0) is 10.4. The Hall–Kier alpha value is -2.23. The van der Waals surface area contributed by atoms with Gasteiger partial charge in [0.1, 0.15) is 5.69 Å². The van der Waals surface area contributed by atoms with E-state index in [0.29, 0.717) is 16.8 Å². The third-order valence-electron chi connectivity index (χ3n) is 2.48. The average Bonchev–Trinajstić information content (AvgIpc) is 2.54. The van der Waals surface area contributed by atoms with E-state index in [0.717, 1.165) is 5.56 Å². The molecule has 0 saturated carbocycles. The van der Waals surface area contributed by atoms with Crippen molar-refractivity contribution in [1.82, 2.24) is 10.2 Å². The SMILES string of the molecule is O=C1c2ccccc2-c2n[nH]c(=O)cc21. The predicted molar refractivity (Wildman–Crippen MR) is 53.7 cm³/mol. The van der Waals surface area contributed by atoms with Crippen LogP contribution in [-0.4, -0.2) is 16.0 Å². The first-order chi connectivity index (χ1) is 7.27. The molecule has 0 radical (unpaired) electrons.